The molecule has 0 fully saturated rings. The number of amides is 1. The lowest BCUT2D eigenvalue weighted by Gasteiger charge is -2.15. The van der Waals surface area contributed by atoms with Gasteiger partial charge >= 0.3 is 0 Å². The van der Waals surface area contributed by atoms with E-state index in [1.807, 2.05) is 0 Å². The summed E-state index contributed by atoms with van der Waals surface area (Å²) >= 11 is 1.38. The molecule has 1 amide bonds. The molecular formula is C15H21ClN4O3S2. The fourth-order valence-electron chi connectivity index (χ4n) is 2.02. The topological polar surface area (TPSA) is 105 Å². The summed E-state index contributed by atoms with van der Waals surface area (Å²) in [6.45, 7) is 0.580. The second-order valence-corrected chi connectivity index (χ2v) is 8.31. The predicted octanol–water partition coefficient (Wildman–Crippen LogP) is 1.25. The zero-order valence-corrected chi connectivity index (χ0v) is 16.4. The summed E-state index contributed by atoms with van der Waals surface area (Å²) < 4.78 is 25.8. The maximum absolute atomic E-state index is 12.3. The molecule has 0 radical (unpaired) electrons. The number of thiazole rings is 1. The van der Waals surface area contributed by atoms with Gasteiger partial charge in [-0.1, -0.05) is 18.2 Å². The molecule has 0 unspecified atom stereocenters. The molecule has 3 N–H and O–H groups in total. The van der Waals surface area contributed by atoms with Crippen LogP contribution in [0, 0.1) is 0 Å². The Bertz CT molecular complexity index is 822. The number of nitrogens with one attached hydrogen (secondary N) is 1. The molecule has 0 aliphatic carbocycles. The van der Waals surface area contributed by atoms with Gasteiger partial charge in [0.25, 0.3) is 5.91 Å². The molecule has 25 heavy (non-hydrogen) atoms. The average molecular weight is 405 g/mol. The van der Waals surface area contributed by atoms with Crippen LogP contribution in [-0.4, -0.2) is 44.3 Å². The fraction of sp³-hybridized carbons (Fsp3) is 0.333. The normalized spacial score (nSPS) is 11.2. The number of sulfonamides is 1. The number of rotatable bonds is 7. The molecule has 0 aliphatic heterocycles. The summed E-state index contributed by atoms with van der Waals surface area (Å²) in [6, 6.07) is 6.59. The van der Waals surface area contributed by atoms with Gasteiger partial charge in [-0.15, -0.1) is 23.7 Å². The number of nitrogens with two attached hydrogens (primary N) is 1. The van der Waals surface area contributed by atoms with Crippen molar-refractivity contribution < 1.29 is 13.2 Å². The van der Waals surface area contributed by atoms with Gasteiger partial charge in [-0.05, 0) is 18.2 Å². The summed E-state index contributed by atoms with van der Waals surface area (Å²) in [5.74, 6) is -0.341. The minimum absolute atomic E-state index is 0. The highest BCUT2D eigenvalue weighted by Gasteiger charge is 2.21. The van der Waals surface area contributed by atoms with Crippen molar-refractivity contribution in [2.24, 2.45) is 5.73 Å². The van der Waals surface area contributed by atoms with Crippen molar-refractivity contribution in [2.45, 2.75) is 17.9 Å². The molecule has 7 nitrogen and oxygen atoms in total. The number of hydrogen-bond acceptors (Lipinski definition) is 6. The smallest absolute Gasteiger partial charge is 0.271 e. The minimum atomic E-state index is -3.57. The molecule has 1 heterocycles. The Morgan fingerprint density at radius 2 is 2.00 bits per heavy atom. The summed E-state index contributed by atoms with van der Waals surface area (Å²) in [5.41, 5.74) is 6.31. The van der Waals surface area contributed by atoms with Crippen LogP contribution in [0.25, 0.3) is 0 Å². The largest absolute Gasteiger partial charge is 0.347 e. The quantitative estimate of drug-likeness (QED) is 0.722. The highest BCUT2D eigenvalue weighted by Crippen LogP contribution is 2.18. The molecule has 0 spiro atoms. The SMILES string of the molecule is CN(C)S(=O)(=O)c1ccccc1CNC(=O)c1csc(CCN)n1.Cl. The highest BCUT2D eigenvalue weighted by molar-refractivity contribution is 7.89. The van der Waals surface area contributed by atoms with Crippen LogP contribution in [0.3, 0.4) is 0 Å². The van der Waals surface area contributed by atoms with Crippen molar-refractivity contribution in [3.8, 4) is 0 Å². The van der Waals surface area contributed by atoms with Crippen molar-refractivity contribution in [3.05, 3.63) is 45.9 Å². The van der Waals surface area contributed by atoms with E-state index < -0.39 is 10.0 Å². The van der Waals surface area contributed by atoms with Crippen LogP contribution < -0.4 is 11.1 Å². The van der Waals surface area contributed by atoms with Crippen LogP contribution in [0.2, 0.25) is 0 Å². The number of hydrogen-bond donors (Lipinski definition) is 2. The average Bonchev–Trinajstić information content (AvgIpc) is 3.02. The number of benzene rings is 1. The lowest BCUT2D eigenvalue weighted by atomic mass is 10.2. The van der Waals surface area contributed by atoms with Crippen LogP contribution in [0.15, 0.2) is 34.5 Å². The van der Waals surface area contributed by atoms with E-state index in [4.69, 9.17) is 5.73 Å². The van der Waals surface area contributed by atoms with E-state index in [2.05, 4.69) is 10.3 Å². The Balaban J connectivity index is 0.00000312. The van der Waals surface area contributed by atoms with Gasteiger partial charge in [0.15, 0.2) is 0 Å². The summed E-state index contributed by atoms with van der Waals surface area (Å²) in [4.78, 5) is 16.6. The number of halogens is 1. The Morgan fingerprint density at radius 3 is 2.64 bits per heavy atom. The zero-order valence-electron chi connectivity index (χ0n) is 13.9. The number of nitrogens with zero attached hydrogens (tertiary/aromatic N) is 2. The molecule has 138 valence electrons. The van der Waals surface area contributed by atoms with Gasteiger partial charge in [0.05, 0.1) is 9.90 Å². The van der Waals surface area contributed by atoms with Crippen LogP contribution in [-0.2, 0) is 23.0 Å². The van der Waals surface area contributed by atoms with Crippen LogP contribution in [0.1, 0.15) is 21.1 Å². The molecule has 1 aromatic heterocycles. The Labute approximate surface area is 157 Å². The molecule has 0 aliphatic rings. The summed E-state index contributed by atoms with van der Waals surface area (Å²) in [7, 11) is -0.626. The molecule has 0 bridgehead atoms. The van der Waals surface area contributed by atoms with E-state index in [1.165, 1.54) is 31.5 Å². The number of carbonyl (C=O) groups excluding carboxylic acids is 1. The first-order valence-electron chi connectivity index (χ1n) is 7.29. The van der Waals surface area contributed by atoms with Gasteiger partial charge in [0.2, 0.25) is 10.0 Å². The second-order valence-electron chi connectivity index (χ2n) is 5.24. The molecule has 0 atom stereocenters. The highest BCUT2D eigenvalue weighted by atomic mass is 35.5. The van der Waals surface area contributed by atoms with Crippen molar-refractivity contribution in [1.82, 2.24) is 14.6 Å². The van der Waals surface area contributed by atoms with Gasteiger partial charge in [0.1, 0.15) is 5.69 Å². The van der Waals surface area contributed by atoms with Gasteiger partial charge in [-0.25, -0.2) is 17.7 Å². The van der Waals surface area contributed by atoms with Crippen molar-refractivity contribution in [2.75, 3.05) is 20.6 Å². The number of carbonyl (C=O) groups is 1. The van der Waals surface area contributed by atoms with E-state index in [1.54, 1.807) is 23.6 Å². The van der Waals surface area contributed by atoms with Gasteiger partial charge < -0.3 is 11.1 Å². The van der Waals surface area contributed by atoms with E-state index in [0.29, 0.717) is 24.2 Å². The zero-order chi connectivity index (χ0) is 17.7. The third-order valence-corrected chi connectivity index (χ3v) is 6.14. The minimum Gasteiger partial charge on any atom is -0.347 e. The summed E-state index contributed by atoms with van der Waals surface area (Å²) in [6.07, 6.45) is 0.627. The van der Waals surface area contributed by atoms with Gasteiger partial charge in [0, 0.05) is 32.4 Å². The molecular weight excluding hydrogens is 384 g/mol. The lowest BCUT2D eigenvalue weighted by molar-refractivity contribution is 0.0946. The van der Waals surface area contributed by atoms with Crippen molar-refractivity contribution in [1.29, 1.82) is 0 Å². The van der Waals surface area contributed by atoms with Gasteiger partial charge in [-0.2, -0.15) is 0 Å². The van der Waals surface area contributed by atoms with E-state index in [-0.39, 0.29) is 29.8 Å². The Morgan fingerprint density at radius 1 is 1.32 bits per heavy atom. The fourth-order valence-corrected chi connectivity index (χ4v) is 3.93. The van der Waals surface area contributed by atoms with Crippen LogP contribution in [0.4, 0.5) is 0 Å². The predicted molar refractivity (Wildman–Crippen MR) is 101 cm³/mol. The maximum Gasteiger partial charge on any atom is 0.271 e. The molecule has 0 saturated heterocycles. The second kappa shape index (κ2) is 9.25. The van der Waals surface area contributed by atoms with Crippen LogP contribution >= 0.6 is 23.7 Å². The van der Waals surface area contributed by atoms with E-state index in [0.717, 1.165) is 9.31 Å². The maximum atomic E-state index is 12.3. The van der Waals surface area contributed by atoms with Gasteiger partial charge in [-0.3, -0.25) is 4.79 Å². The molecule has 10 heteroatoms. The molecule has 1 aromatic carbocycles. The Kier molecular flexibility index (Phi) is 7.97. The first-order valence-corrected chi connectivity index (χ1v) is 9.61. The molecule has 2 aromatic rings. The van der Waals surface area contributed by atoms with Crippen molar-refractivity contribution in [3.63, 3.8) is 0 Å². The van der Waals surface area contributed by atoms with E-state index in [9.17, 15) is 13.2 Å². The monoisotopic (exact) mass is 404 g/mol. The third kappa shape index (κ3) is 5.23. The standard InChI is InChI=1S/C15H20N4O3S2.ClH/c1-19(2)24(21,22)13-6-4-3-5-11(13)9-17-15(20)12-10-23-14(18-12)7-8-16;/h3-6,10H,7-9,16H2,1-2H3,(H,17,20);1H. The molecule has 0 saturated carbocycles. The summed E-state index contributed by atoms with van der Waals surface area (Å²) in [5, 5.41) is 5.19. The first-order chi connectivity index (χ1) is 11.4. The van der Waals surface area contributed by atoms with Crippen LogP contribution in [0.5, 0.6) is 0 Å². The Hall–Kier alpha value is -1.52. The third-order valence-electron chi connectivity index (χ3n) is 3.31. The van der Waals surface area contributed by atoms with Crippen molar-refractivity contribution >= 4 is 39.7 Å². The van der Waals surface area contributed by atoms with E-state index >= 15 is 0 Å². The first kappa shape index (κ1) is 21.5. The number of aromatic nitrogens is 1. The lowest BCUT2D eigenvalue weighted by Crippen LogP contribution is -2.27. The molecule has 2 rings (SSSR count).